The van der Waals surface area contributed by atoms with Gasteiger partial charge in [-0.05, 0) is 46.0 Å². The van der Waals surface area contributed by atoms with Crippen molar-refractivity contribution in [2.45, 2.75) is 27.2 Å². The van der Waals surface area contributed by atoms with Crippen LogP contribution in [0.25, 0.3) is 0 Å². The van der Waals surface area contributed by atoms with E-state index in [1.54, 1.807) is 12.1 Å². The van der Waals surface area contributed by atoms with E-state index in [-0.39, 0.29) is 11.3 Å². The molecule has 0 saturated heterocycles. The molecule has 1 rings (SSSR count). The second-order valence-corrected chi connectivity index (χ2v) is 6.07. The normalized spacial score (nSPS) is 11.3. The molecule has 0 aliphatic rings. The molecule has 0 amide bonds. The van der Waals surface area contributed by atoms with Gasteiger partial charge < -0.3 is 10.5 Å². The molecule has 0 aliphatic heterocycles. The molecule has 3 N–H and O–H groups in total. The third kappa shape index (κ3) is 4.77. The molecule has 4 heteroatoms. The highest BCUT2D eigenvalue weighted by atomic mass is 79.9. The summed E-state index contributed by atoms with van der Waals surface area (Å²) in [5.74, 6) is 0.853. The van der Waals surface area contributed by atoms with Crippen LogP contribution in [0.4, 0.5) is 0 Å². The van der Waals surface area contributed by atoms with Crippen LogP contribution in [-0.4, -0.2) is 12.4 Å². The maximum atomic E-state index is 7.34. The number of amidine groups is 1. The Balaban J connectivity index is 2.64. The van der Waals surface area contributed by atoms with Crippen molar-refractivity contribution in [2.75, 3.05) is 6.61 Å². The third-order valence-electron chi connectivity index (χ3n) is 2.35. The van der Waals surface area contributed by atoms with Gasteiger partial charge >= 0.3 is 0 Å². The summed E-state index contributed by atoms with van der Waals surface area (Å²) < 4.78 is 6.52. The predicted octanol–water partition coefficient (Wildman–Crippen LogP) is 3.55. The number of nitrogens with one attached hydrogen (secondary N) is 1. The number of ether oxygens (including phenoxy) is 1. The molecule has 0 heterocycles. The van der Waals surface area contributed by atoms with E-state index in [0.29, 0.717) is 12.2 Å². The zero-order chi connectivity index (χ0) is 13.1. The van der Waals surface area contributed by atoms with Crippen LogP contribution in [0.3, 0.4) is 0 Å². The van der Waals surface area contributed by atoms with Crippen molar-refractivity contribution in [1.82, 2.24) is 0 Å². The van der Waals surface area contributed by atoms with E-state index in [4.69, 9.17) is 15.9 Å². The van der Waals surface area contributed by atoms with Gasteiger partial charge in [0.15, 0.2) is 0 Å². The zero-order valence-corrected chi connectivity index (χ0v) is 12.1. The summed E-state index contributed by atoms with van der Waals surface area (Å²) in [7, 11) is 0. The predicted molar refractivity (Wildman–Crippen MR) is 74.7 cm³/mol. The zero-order valence-electron chi connectivity index (χ0n) is 10.5. The summed E-state index contributed by atoms with van der Waals surface area (Å²) in [5, 5.41) is 7.34. The average Bonchev–Trinajstić information content (AvgIpc) is 2.18. The lowest BCUT2D eigenvalue weighted by atomic mass is 9.93. The van der Waals surface area contributed by atoms with Crippen LogP contribution in [0, 0.1) is 10.8 Å². The molecule has 0 atom stereocenters. The Kier molecular flexibility index (Phi) is 4.57. The van der Waals surface area contributed by atoms with Crippen molar-refractivity contribution in [1.29, 1.82) is 5.41 Å². The van der Waals surface area contributed by atoms with Crippen LogP contribution in [-0.2, 0) is 0 Å². The van der Waals surface area contributed by atoms with Crippen molar-refractivity contribution in [3.8, 4) is 5.75 Å². The molecule has 17 heavy (non-hydrogen) atoms. The standard InChI is InChI=1S/C13H19BrN2O/c1-13(2,3)6-7-17-11-5-4-9(12(15)16)8-10(11)14/h4-5,8H,6-7H2,1-3H3,(H3,15,16). The summed E-state index contributed by atoms with van der Waals surface area (Å²) >= 11 is 3.42. The minimum atomic E-state index is 0.0620. The molecule has 0 aromatic heterocycles. The van der Waals surface area contributed by atoms with Gasteiger partial charge in [-0.15, -0.1) is 0 Å². The van der Waals surface area contributed by atoms with E-state index in [1.807, 2.05) is 6.07 Å². The van der Waals surface area contributed by atoms with Crippen molar-refractivity contribution < 1.29 is 4.74 Å². The van der Waals surface area contributed by atoms with Crippen LogP contribution in [0.1, 0.15) is 32.8 Å². The van der Waals surface area contributed by atoms with Gasteiger partial charge in [-0.1, -0.05) is 20.8 Å². The molecule has 0 fully saturated rings. The lowest BCUT2D eigenvalue weighted by Crippen LogP contribution is -2.12. The maximum absolute atomic E-state index is 7.34. The monoisotopic (exact) mass is 298 g/mol. The Hall–Kier alpha value is -1.03. The largest absolute Gasteiger partial charge is 0.492 e. The van der Waals surface area contributed by atoms with Crippen molar-refractivity contribution in [3.05, 3.63) is 28.2 Å². The van der Waals surface area contributed by atoms with Gasteiger partial charge in [0.2, 0.25) is 0 Å². The lowest BCUT2D eigenvalue weighted by Gasteiger charge is -2.18. The first-order valence-electron chi connectivity index (χ1n) is 5.56. The first-order valence-corrected chi connectivity index (χ1v) is 6.36. The molecule has 1 aromatic rings. The smallest absolute Gasteiger partial charge is 0.133 e. The van der Waals surface area contributed by atoms with Crippen LogP contribution >= 0.6 is 15.9 Å². The fourth-order valence-corrected chi connectivity index (χ4v) is 1.75. The quantitative estimate of drug-likeness (QED) is 0.660. The van der Waals surface area contributed by atoms with E-state index >= 15 is 0 Å². The van der Waals surface area contributed by atoms with Crippen LogP contribution in [0.2, 0.25) is 0 Å². The van der Waals surface area contributed by atoms with Crippen molar-refractivity contribution in [2.24, 2.45) is 11.1 Å². The average molecular weight is 299 g/mol. The van der Waals surface area contributed by atoms with Gasteiger partial charge in [0, 0.05) is 5.56 Å². The highest BCUT2D eigenvalue weighted by Gasteiger charge is 2.11. The molecule has 0 radical (unpaired) electrons. The molecule has 94 valence electrons. The lowest BCUT2D eigenvalue weighted by molar-refractivity contribution is 0.242. The van der Waals surface area contributed by atoms with E-state index in [2.05, 4.69) is 36.7 Å². The SMILES string of the molecule is CC(C)(C)CCOc1ccc(C(=N)N)cc1Br. The molecule has 0 bridgehead atoms. The topological polar surface area (TPSA) is 59.1 Å². The Bertz CT molecular complexity index is 410. The number of nitrogen functional groups attached to an aromatic ring is 1. The molecule has 3 nitrogen and oxygen atoms in total. The fourth-order valence-electron chi connectivity index (χ4n) is 1.25. The summed E-state index contributed by atoms with van der Waals surface area (Å²) in [6.07, 6.45) is 0.994. The minimum Gasteiger partial charge on any atom is -0.492 e. The minimum absolute atomic E-state index is 0.0620. The third-order valence-corrected chi connectivity index (χ3v) is 2.97. The number of nitrogens with two attached hydrogens (primary N) is 1. The highest BCUT2D eigenvalue weighted by molar-refractivity contribution is 9.10. The first-order chi connectivity index (χ1) is 7.79. The van der Waals surface area contributed by atoms with Gasteiger partial charge in [-0.3, -0.25) is 5.41 Å². The molecule has 1 aromatic carbocycles. The van der Waals surface area contributed by atoms with Crippen molar-refractivity contribution >= 4 is 21.8 Å². The Morgan fingerprint density at radius 1 is 1.41 bits per heavy atom. The maximum Gasteiger partial charge on any atom is 0.133 e. The molecular weight excluding hydrogens is 280 g/mol. The van der Waals surface area contributed by atoms with Gasteiger partial charge in [-0.2, -0.15) is 0 Å². The van der Waals surface area contributed by atoms with Gasteiger partial charge in [0.1, 0.15) is 11.6 Å². The summed E-state index contributed by atoms with van der Waals surface area (Å²) in [4.78, 5) is 0. The fraction of sp³-hybridized carbons (Fsp3) is 0.462. The van der Waals surface area contributed by atoms with Crippen molar-refractivity contribution in [3.63, 3.8) is 0 Å². The van der Waals surface area contributed by atoms with Gasteiger partial charge in [0.25, 0.3) is 0 Å². The number of hydrogen-bond acceptors (Lipinski definition) is 2. The number of rotatable bonds is 4. The van der Waals surface area contributed by atoms with Crippen LogP contribution in [0.15, 0.2) is 22.7 Å². The number of benzene rings is 1. The highest BCUT2D eigenvalue weighted by Crippen LogP contribution is 2.27. The Morgan fingerprint density at radius 3 is 2.53 bits per heavy atom. The summed E-state index contributed by atoms with van der Waals surface area (Å²) in [5.41, 5.74) is 6.38. The van der Waals surface area contributed by atoms with Gasteiger partial charge in [0.05, 0.1) is 11.1 Å². The van der Waals surface area contributed by atoms with E-state index in [9.17, 15) is 0 Å². The molecule has 0 aliphatic carbocycles. The van der Waals surface area contributed by atoms with Crippen LogP contribution < -0.4 is 10.5 Å². The van der Waals surface area contributed by atoms with Crippen LogP contribution in [0.5, 0.6) is 5.75 Å². The second-order valence-electron chi connectivity index (χ2n) is 5.22. The van der Waals surface area contributed by atoms with E-state index in [0.717, 1.165) is 16.6 Å². The second kappa shape index (κ2) is 5.54. The summed E-state index contributed by atoms with van der Waals surface area (Å²) in [6, 6.07) is 5.43. The number of halogens is 1. The van der Waals surface area contributed by atoms with Gasteiger partial charge in [-0.25, -0.2) is 0 Å². The molecule has 0 saturated carbocycles. The first kappa shape index (κ1) is 14.0. The Labute approximate surface area is 111 Å². The Morgan fingerprint density at radius 2 is 2.06 bits per heavy atom. The molecule has 0 spiro atoms. The van der Waals surface area contributed by atoms with E-state index in [1.165, 1.54) is 0 Å². The van der Waals surface area contributed by atoms with E-state index < -0.39 is 0 Å². The summed E-state index contributed by atoms with van der Waals surface area (Å²) in [6.45, 7) is 7.24. The molecule has 0 unspecified atom stereocenters. The number of hydrogen-bond donors (Lipinski definition) is 2. The molecular formula is C13H19BrN2O.